The van der Waals surface area contributed by atoms with Crippen molar-refractivity contribution in [2.45, 2.75) is 19.4 Å². The van der Waals surface area contributed by atoms with Crippen LogP contribution in [-0.4, -0.2) is 41.8 Å². The third-order valence-electron chi connectivity index (χ3n) is 3.11. The molecule has 0 aliphatic carbocycles. The van der Waals surface area contributed by atoms with Crippen molar-refractivity contribution in [3.05, 3.63) is 35.9 Å². The highest BCUT2D eigenvalue weighted by atomic mass is 32.1. The smallest absolute Gasteiger partial charge is 0.244 e. The van der Waals surface area contributed by atoms with Crippen LogP contribution in [0, 0.1) is 5.92 Å². The molecule has 0 saturated heterocycles. The highest BCUT2D eigenvalue weighted by Crippen LogP contribution is 2.10. The summed E-state index contributed by atoms with van der Waals surface area (Å²) in [6.45, 7) is 1.64. The summed E-state index contributed by atoms with van der Waals surface area (Å²) < 4.78 is 0. The Morgan fingerprint density at radius 2 is 1.86 bits per heavy atom. The molecule has 114 valence electrons. The van der Waals surface area contributed by atoms with Crippen LogP contribution in [-0.2, 0) is 16.0 Å². The average molecular weight is 307 g/mol. The standard InChI is InChI=1S/C15H21N3O2S/c1-10(15(20)18(2)3)17-14(19)12(13(16)21)9-11-7-5-4-6-8-11/h4-8,10,12H,9H2,1-3H3,(H2,16,21)(H,17,19). The summed E-state index contributed by atoms with van der Waals surface area (Å²) >= 11 is 4.98. The average Bonchev–Trinajstić information content (AvgIpc) is 2.44. The Kier molecular flexibility index (Phi) is 6.30. The molecular formula is C15H21N3O2S. The number of likely N-dealkylation sites (N-methyl/N-ethyl adjacent to an activating group) is 1. The van der Waals surface area contributed by atoms with Crippen LogP contribution in [0.5, 0.6) is 0 Å². The molecule has 6 heteroatoms. The van der Waals surface area contributed by atoms with E-state index in [9.17, 15) is 9.59 Å². The molecular weight excluding hydrogens is 286 g/mol. The van der Waals surface area contributed by atoms with E-state index in [2.05, 4.69) is 5.32 Å². The molecule has 2 atom stereocenters. The maximum absolute atomic E-state index is 12.3. The number of benzene rings is 1. The largest absolute Gasteiger partial charge is 0.393 e. The molecule has 1 aromatic carbocycles. The fourth-order valence-electron chi connectivity index (χ4n) is 1.94. The summed E-state index contributed by atoms with van der Waals surface area (Å²) in [5.74, 6) is -1.13. The molecule has 5 nitrogen and oxygen atoms in total. The number of carbonyl (C=O) groups excluding carboxylic acids is 2. The van der Waals surface area contributed by atoms with Gasteiger partial charge >= 0.3 is 0 Å². The van der Waals surface area contributed by atoms with Gasteiger partial charge in [0.1, 0.15) is 6.04 Å². The van der Waals surface area contributed by atoms with Gasteiger partial charge in [-0.25, -0.2) is 0 Å². The van der Waals surface area contributed by atoms with E-state index in [1.807, 2.05) is 30.3 Å². The first-order chi connectivity index (χ1) is 9.82. The molecule has 0 aliphatic rings. The lowest BCUT2D eigenvalue weighted by molar-refractivity contribution is -0.134. The fourth-order valence-corrected chi connectivity index (χ4v) is 2.13. The number of thiocarbonyl (C=S) groups is 1. The molecule has 1 aromatic rings. The van der Waals surface area contributed by atoms with Crippen LogP contribution in [0.1, 0.15) is 12.5 Å². The zero-order valence-corrected chi connectivity index (χ0v) is 13.3. The molecule has 0 heterocycles. The minimum Gasteiger partial charge on any atom is -0.393 e. The van der Waals surface area contributed by atoms with E-state index in [0.717, 1.165) is 5.56 Å². The van der Waals surface area contributed by atoms with Crippen LogP contribution in [0.4, 0.5) is 0 Å². The molecule has 0 radical (unpaired) electrons. The summed E-state index contributed by atoms with van der Waals surface area (Å²) in [7, 11) is 3.28. The maximum atomic E-state index is 12.3. The van der Waals surface area contributed by atoms with Crippen LogP contribution in [0.2, 0.25) is 0 Å². The van der Waals surface area contributed by atoms with Crippen molar-refractivity contribution in [3.8, 4) is 0 Å². The second-order valence-electron chi connectivity index (χ2n) is 5.11. The lowest BCUT2D eigenvalue weighted by Crippen LogP contribution is -2.48. The lowest BCUT2D eigenvalue weighted by Gasteiger charge is -2.21. The zero-order valence-electron chi connectivity index (χ0n) is 12.5. The molecule has 0 saturated carbocycles. The summed E-state index contributed by atoms with van der Waals surface area (Å²) in [4.78, 5) is 25.6. The molecule has 21 heavy (non-hydrogen) atoms. The second kappa shape index (κ2) is 7.73. The van der Waals surface area contributed by atoms with Crippen molar-refractivity contribution in [1.29, 1.82) is 0 Å². The van der Waals surface area contributed by atoms with Gasteiger partial charge in [-0.15, -0.1) is 0 Å². The Morgan fingerprint density at radius 1 is 1.29 bits per heavy atom. The van der Waals surface area contributed by atoms with E-state index in [1.54, 1.807) is 21.0 Å². The van der Waals surface area contributed by atoms with E-state index in [-0.39, 0.29) is 16.8 Å². The zero-order chi connectivity index (χ0) is 16.0. The molecule has 0 fully saturated rings. The van der Waals surface area contributed by atoms with Gasteiger partial charge in [-0.3, -0.25) is 9.59 Å². The van der Waals surface area contributed by atoms with E-state index < -0.39 is 12.0 Å². The second-order valence-corrected chi connectivity index (χ2v) is 5.58. The van der Waals surface area contributed by atoms with E-state index in [4.69, 9.17) is 18.0 Å². The van der Waals surface area contributed by atoms with Gasteiger partial charge < -0.3 is 16.0 Å². The predicted molar refractivity (Wildman–Crippen MR) is 86.7 cm³/mol. The number of hydrogen-bond donors (Lipinski definition) is 2. The van der Waals surface area contributed by atoms with Crippen molar-refractivity contribution in [1.82, 2.24) is 10.2 Å². The Labute approximate surface area is 130 Å². The van der Waals surface area contributed by atoms with Gasteiger partial charge in [-0.1, -0.05) is 42.5 Å². The topological polar surface area (TPSA) is 75.4 Å². The van der Waals surface area contributed by atoms with Crippen LogP contribution in [0.3, 0.4) is 0 Å². The maximum Gasteiger partial charge on any atom is 0.244 e. The van der Waals surface area contributed by atoms with E-state index >= 15 is 0 Å². The Bertz CT molecular complexity index is 517. The van der Waals surface area contributed by atoms with Crippen molar-refractivity contribution in [3.63, 3.8) is 0 Å². The monoisotopic (exact) mass is 307 g/mol. The van der Waals surface area contributed by atoms with Crippen molar-refractivity contribution >= 4 is 29.0 Å². The number of hydrogen-bond acceptors (Lipinski definition) is 3. The third kappa shape index (κ3) is 5.15. The van der Waals surface area contributed by atoms with Gasteiger partial charge in [0.25, 0.3) is 0 Å². The first-order valence-electron chi connectivity index (χ1n) is 6.67. The number of nitrogens with zero attached hydrogens (tertiary/aromatic N) is 1. The van der Waals surface area contributed by atoms with Gasteiger partial charge in [-0.2, -0.15) is 0 Å². The molecule has 0 spiro atoms. The van der Waals surface area contributed by atoms with Crippen LogP contribution < -0.4 is 11.1 Å². The molecule has 0 aliphatic heterocycles. The summed E-state index contributed by atoms with van der Waals surface area (Å²) in [5.41, 5.74) is 6.64. The minimum absolute atomic E-state index is 0.126. The van der Waals surface area contributed by atoms with Crippen molar-refractivity contribution < 1.29 is 9.59 Å². The Balaban J connectivity index is 2.75. The third-order valence-corrected chi connectivity index (χ3v) is 3.40. The predicted octanol–water partition coefficient (Wildman–Crippen LogP) is 0.724. The lowest BCUT2D eigenvalue weighted by atomic mass is 9.98. The number of nitrogens with one attached hydrogen (secondary N) is 1. The number of nitrogens with two attached hydrogens (primary N) is 1. The van der Waals surface area contributed by atoms with Gasteiger partial charge in [0.05, 0.1) is 10.9 Å². The molecule has 1 rings (SSSR count). The van der Waals surface area contributed by atoms with Crippen LogP contribution in [0.15, 0.2) is 30.3 Å². The first kappa shape index (κ1) is 17.1. The molecule has 2 amide bonds. The molecule has 2 unspecified atom stereocenters. The van der Waals surface area contributed by atoms with Gasteiger partial charge in [0.15, 0.2) is 0 Å². The number of rotatable bonds is 6. The summed E-state index contributed by atoms with van der Waals surface area (Å²) in [5, 5.41) is 2.67. The quantitative estimate of drug-likeness (QED) is 0.760. The van der Waals surface area contributed by atoms with Crippen molar-refractivity contribution in [2.75, 3.05) is 14.1 Å². The summed E-state index contributed by atoms with van der Waals surface area (Å²) in [6, 6.07) is 8.89. The van der Waals surface area contributed by atoms with Gasteiger partial charge in [0, 0.05) is 14.1 Å². The molecule has 0 aromatic heterocycles. The molecule has 0 bridgehead atoms. The van der Waals surface area contributed by atoms with E-state index in [1.165, 1.54) is 4.90 Å². The van der Waals surface area contributed by atoms with Crippen LogP contribution >= 0.6 is 12.2 Å². The van der Waals surface area contributed by atoms with Crippen molar-refractivity contribution in [2.24, 2.45) is 11.7 Å². The molecule has 3 N–H and O–H groups in total. The van der Waals surface area contributed by atoms with Crippen LogP contribution in [0.25, 0.3) is 0 Å². The van der Waals surface area contributed by atoms with Gasteiger partial charge in [-0.05, 0) is 18.9 Å². The Hall–Kier alpha value is -1.95. The van der Waals surface area contributed by atoms with E-state index in [0.29, 0.717) is 6.42 Å². The number of amides is 2. The highest BCUT2D eigenvalue weighted by molar-refractivity contribution is 7.80. The summed E-state index contributed by atoms with van der Waals surface area (Å²) in [6.07, 6.45) is 0.422. The minimum atomic E-state index is -0.625. The highest BCUT2D eigenvalue weighted by Gasteiger charge is 2.25. The SMILES string of the molecule is CC(NC(=O)C(Cc1ccccc1)C(N)=S)C(=O)N(C)C. The first-order valence-corrected chi connectivity index (χ1v) is 7.08. The fraction of sp³-hybridized carbons (Fsp3) is 0.400. The Morgan fingerprint density at radius 3 is 2.33 bits per heavy atom. The normalized spacial score (nSPS) is 13.1. The number of carbonyl (C=O) groups is 2. The van der Waals surface area contributed by atoms with Gasteiger partial charge in [0.2, 0.25) is 11.8 Å².